The van der Waals surface area contributed by atoms with Gasteiger partial charge in [-0.05, 0) is 30.0 Å². The molecule has 0 aliphatic heterocycles. The highest BCUT2D eigenvalue weighted by Gasteiger charge is 2.15. The van der Waals surface area contributed by atoms with Crippen molar-refractivity contribution in [2.75, 3.05) is 4.72 Å². The third kappa shape index (κ3) is 3.19. The van der Waals surface area contributed by atoms with Gasteiger partial charge >= 0.3 is 0 Å². The van der Waals surface area contributed by atoms with E-state index >= 15 is 0 Å². The van der Waals surface area contributed by atoms with Gasteiger partial charge in [0.05, 0.1) is 4.90 Å². The van der Waals surface area contributed by atoms with Crippen molar-refractivity contribution >= 4 is 15.8 Å². The van der Waals surface area contributed by atoms with Crippen LogP contribution in [0, 0.1) is 0 Å². The van der Waals surface area contributed by atoms with E-state index in [0.717, 1.165) is 12.0 Å². The average molecular weight is 293 g/mol. The van der Waals surface area contributed by atoms with Crippen molar-refractivity contribution in [3.63, 3.8) is 0 Å². The molecule has 0 saturated carbocycles. The third-order valence-electron chi connectivity index (χ3n) is 3.32. The maximum absolute atomic E-state index is 12.2. The normalized spacial score (nSPS) is 13.2. The number of aromatic nitrogens is 2. The fraction of sp³-hybridized carbons (Fsp3) is 0.357. The van der Waals surface area contributed by atoms with Crippen LogP contribution in [0.15, 0.2) is 41.4 Å². The van der Waals surface area contributed by atoms with Gasteiger partial charge in [0.1, 0.15) is 0 Å². The standard InChI is InChI=1S/C14H19N3O2S/c1-4-11(2)12-5-7-13(8-6-12)20(18,19)16-14-9-10-17(3)15-14/h5-11H,4H2,1-3H3,(H,15,16)/t11-/m1/s1. The Labute approximate surface area is 119 Å². The molecule has 20 heavy (non-hydrogen) atoms. The summed E-state index contributed by atoms with van der Waals surface area (Å²) in [5, 5.41) is 4.01. The minimum Gasteiger partial charge on any atom is -0.274 e. The van der Waals surface area contributed by atoms with Crippen LogP contribution in [-0.2, 0) is 17.1 Å². The van der Waals surface area contributed by atoms with E-state index in [0.29, 0.717) is 11.7 Å². The zero-order chi connectivity index (χ0) is 14.8. The Bertz CT molecular complexity index is 675. The maximum Gasteiger partial charge on any atom is 0.263 e. The maximum atomic E-state index is 12.2. The number of sulfonamides is 1. The Kier molecular flexibility index (Phi) is 4.13. The smallest absolute Gasteiger partial charge is 0.263 e. The molecule has 108 valence electrons. The van der Waals surface area contributed by atoms with Crippen molar-refractivity contribution in [3.8, 4) is 0 Å². The van der Waals surface area contributed by atoms with E-state index in [9.17, 15) is 8.42 Å². The summed E-state index contributed by atoms with van der Waals surface area (Å²) in [5.74, 6) is 0.744. The molecule has 0 amide bonds. The van der Waals surface area contributed by atoms with E-state index in [-0.39, 0.29) is 4.90 Å². The molecule has 1 heterocycles. The van der Waals surface area contributed by atoms with Crippen molar-refractivity contribution in [3.05, 3.63) is 42.1 Å². The molecule has 1 aromatic carbocycles. The second-order valence-electron chi connectivity index (χ2n) is 4.86. The van der Waals surface area contributed by atoms with Gasteiger partial charge in [-0.25, -0.2) is 8.42 Å². The first-order valence-electron chi connectivity index (χ1n) is 6.55. The van der Waals surface area contributed by atoms with Crippen molar-refractivity contribution in [2.24, 2.45) is 7.05 Å². The Balaban J connectivity index is 2.21. The topological polar surface area (TPSA) is 64.0 Å². The fourth-order valence-electron chi connectivity index (χ4n) is 1.88. The lowest BCUT2D eigenvalue weighted by molar-refractivity contribution is 0.600. The summed E-state index contributed by atoms with van der Waals surface area (Å²) in [5.41, 5.74) is 1.14. The summed E-state index contributed by atoms with van der Waals surface area (Å²) >= 11 is 0. The number of nitrogens with one attached hydrogen (secondary N) is 1. The number of anilines is 1. The van der Waals surface area contributed by atoms with Gasteiger partial charge in [0, 0.05) is 19.3 Å². The molecule has 0 fully saturated rings. The Hall–Kier alpha value is -1.82. The first-order chi connectivity index (χ1) is 9.42. The van der Waals surface area contributed by atoms with Crippen LogP contribution in [0.3, 0.4) is 0 Å². The fourth-order valence-corrected chi connectivity index (χ4v) is 2.87. The van der Waals surface area contributed by atoms with E-state index < -0.39 is 10.0 Å². The molecule has 1 N–H and O–H groups in total. The summed E-state index contributed by atoms with van der Waals surface area (Å²) in [4.78, 5) is 0.246. The van der Waals surface area contributed by atoms with Crippen LogP contribution in [-0.4, -0.2) is 18.2 Å². The predicted octanol–water partition coefficient (Wildman–Crippen LogP) is 2.73. The van der Waals surface area contributed by atoms with Crippen LogP contribution in [0.1, 0.15) is 31.7 Å². The number of hydrogen-bond acceptors (Lipinski definition) is 3. The van der Waals surface area contributed by atoms with E-state index in [1.54, 1.807) is 36.1 Å². The highest BCUT2D eigenvalue weighted by molar-refractivity contribution is 7.92. The van der Waals surface area contributed by atoms with Gasteiger partial charge in [-0.2, -0.15) is 5.10 Å². The molecule has 0 aliphatic rings. The summed E-state index contributed by atoms with van der Waals surface area (Å²) in [6, 6.07) is 8.60. The minimum atomic E-state index is -3.58. The largest absolute Gasteiger partial charge is 0.274 e. The van der Waals surface area contributed by atoms with Gasteiger partial charge in [-0.1, -0.05) is 26.0 Å². The number of aryl methyl sites for hydroxylation is 1. The van der Waals surface area contributed by atoms with Gasteiger partial charge in [-0.15, -0.1) is 0 Å². The van der Waals surface area contributed by atoms with Crippen molar-refractivity contribution in [2.45, 2.75) is 31.1 Å². The second-order valence-corrected chi connectivity index (χ2v) is 6.54. The molecule has 6 heteroatoms. The van der Waals surface area contributed by atoms with Crippen LogP contribution < -0.4 is 4.72 Å². The molecule has 0 radical (unpaired) electrons. The van der Waals surface area contributed by atoms with Crippen LogP contribution in [0.25, 0.3) is 0 Å². The van der Waals surface area contributed by atoms with Crippen LogP contribution in [0.2, 0.25) is 0 Å². The van der Waals surface area contributed by atoms with Crippen molar-refractivity contribution in [1.82, 2.24) is 9.78 Å². The van der Waals surface area contributed by atoms with Gasteiger partial charge in [0.15, 0.2) is 5.82 Å². The predicted molar refractivity (Wildman–Crippen MR) is 79.2 cm³/mol. The van der Waals surface area contributed by atoms with E-state index in [4.69, 9.17) is 0 Å². The van der Waals surface area contributed by atoms with Gasteiger partial charge in [-0.3, -0.25) is 9.40 Å². The molecule has 5 nitrogen and oxygen atoms in total. The molecule has 2 aromatic rings. The van der Waals surface area contributed by atoms with E-state index in [2.05, 4.69) is 23.7 Å². The highest BCUT2D eigenvalue weighted by atomic mass is 32.2. The molecule has 0 bridgehead atoms. The number of rotatable bonds is 5. The minimum absolute atomic E-state index is 0.246. The summed E-state index contributed by atoms with van der Waals surface area (Å²) in [6.45, 7) is 4.23. The van der Waals surface area contributed by atoms with Crippen molar-refractivity contribution < 1.29 is 8.42 Å². The molecule has 1 atom stereocenters. The van der Waals surface area contributed by atoms with Gasteiger partial charge < -0.3 is 0 Å². The molecule has 0 unspecified atom stereocenters. The average Bonchev–Trinajstić information content (AvgIpc) is 2.82. The molecular weight excluding hydrogens is 274 g/mol. The first-order valence-corrected chi connectivity index (χ1v) is 8.03. The SMILES string of the molecule is CC[C@@H](C)c1ccc(S(=O)(=O)Nc2ccn(C)n2)cc1. The monoisotopic (exact) mass is 293 g/mol. The van der Waals surface area contributed by atoms with Crippen molar-refractivity contribution in [1.29, 1.82) is 0 Å². The lowest BCUT2D eigenvalue weighted by atomic mass is 9.99. The zero-order valence-electron chi connectivity index (χ0n) is 11.9. The molecule has 0 saturated heterocycles. The van der Waals surface area contributed by atoms with E-state index in [1.165, 1.54) is 0 Å². The lowest BCUT2D eigenvalue weighted by Crippen LogP contribution is -2.13. The second kappa shape index (κ2) is 5.66. The Morgan fingerprint density at radius 1 is 1.25 bits per heavy atom. The molecule has 2 rings (SSSR count). The quantitative estimate of drug-likeness (QED) is 0.922. The van der Waals surface area contributed by atoms with Crippen LogP contribution >= 0.6 is 0 Å². The molecule has 0 aliphatic carbocycles. The van der Waals surface area contributed by atoms with E-state index in [1.807, 2.05) is 12.1 Å². The summed E-state index contributed by atoms with van der Waals surface area (Å²) < 4.78 is 28.4. The van der Waals surface area contributed by atoms with Gasteiger partial charge in [0.2, 0.25) is 0 Å². The van der Waals surface area contributed by atoms with Gasteiger partial charge in [0.25, 0.3) is 10.0 Å². The summed E-state index contributed by atoms with van der Waals surface area (Å²) in [6.07, 6.45) is 2.71. The first kappa shape index (κ1) is 14.6. The Morgan fingerprint density at radius 2 is 1.90 bits per heavy atom. The molecular formula is C14H19N3O2S. The third-order valence-corrected chi connectivity index (χ3v) is 4.69. The van der Waals surface area contributed by atoms with Crippen LogP contribution in [0.4, 0.5) is 5.82 Å². The number of benzene rings is 1. The number of hydrogen-bond donors (Lipinski definition) is 1. The molecule has 1 aromatic heterocycles. The Morgan fingerprint density at radius 3 is 2.40 bits per heavy atom. The molecule has 0 spiro atoms. The van der Waals surface area contributed by atoms with Crippen LogP contribution in [0.5, 0.6) is 0 Å². The zero-order valence-corrected chi connectivity index (χ0v) is 12.7. The highest BCUT2D eigenvalue weighted by Crippen LogP contribution is 2.21. The lowest BCUT2D eigenvalue weighted by Gasteiger charge is -2.10. The number of nitrogens with zero attached hydrogens (tertiary/aromatic N) is 2. The summed E-state index contributed by atoms with van der Waals surface area (Å²) in [7, 11) is -1.84.